The molecule has 2 nitrogen and oxygen atoms in total. The molecule has 0 aliphatic carbocycles. The summed E-state index contributed by atoms with van der Waals surface area (Å²) >= 11 is 0. The number of benzene rings is 2. The number of rotatable bonds is 4. The molecule has 2 aliphatic rings. The van der Waals surface area contributed by atoms with Gasteiger partial charge in [-0.1, -0.05) is 54.6 Å². The maximum absolute atomic E-state index is 2.64. The summed E-state index contributed by atoms with van der Waals surface area (Å²) in [4.78, 5) is 5.26. The van der Waals surface area contributed by atoms with Gasteiger partial charge in [0.2, 0.25) is 0 Å². The fraction of sp³-hybridized carbons (Fsp3) is 0.429. The van der Waals surface area contributed by atoms with E-state index in [2.05, 4.69) is 64.4 Å². The minimum atomic E-state index is 0. The van der Waals surface area contributed by atoms with Crippen molar-refractivity contribution in [2.24, 2.45) is 5.92 Å². The van der Waals surface area contributed by atoms with Crippen LogP contribution in [0.1, 0.15) is 29.5 Å². The topological polar surface area (TPSA) is 6.48 Å². The van der Waals surface area contributed by atoms with Crippen molar-refractivity contribution in [1.82, 2.24) is 9.80 Å². The summed E-state index contributed by atoms with van der Waals surface area (Å²) in [7, 11) is 0. The minimum Gasteiger partial charge on any atom is -0.299 e. The van der Waals surface area contributed by atoms with Crippen LogP contribution in [0.15, 0.2) is 54.6 Å². The van der Waals surface area contributed by atoms with E-state index in [1.54, 1.807) is 0 Å². The van der Waals surface area contributed by atoms with Gasteiger partial charge in [0.15, 0.2) is 0 Å². The molecule has 0 atom stereocenters. The van der Waals surface area contributed by atoms with Gasteiger partial charge in [-0.2, -0.15) is 0 Å². The molecule has 0 aromatic heterocycles. The van der Waals surface area contributed by atoms with E-state index in [0.717, 1.165) is 25.6 Å². The minimum absolute atomic E-state index is 0. The third kappa shape index (κ3) is 5.21. The van der Waals surface area contributed by atoms with E-state index in [-0.39, 0.29) is 24.8 Å². The van der Waals surface area contributed by atoms with Crippen LogP contribution in [0.2, 0.25) is 0 Å². The molecular formula is C21H28Cl2N2. The first-order valence-electron chi connectivity index (χ1n) is 8.92. The fourth-order valence-electron chi connectivity index (χ4n) is 4.07. The monoisotopic (exact) mass is 378 g/mol. The molecule has 0 N–H and O–H groups in total. The standard InChI is InChI=1S/C21H26N2.2ClH/c1-2-6-18(7-3-1)14-22-12-10-19(11-13-22)15-23-16-20-8-4-5-9-21(20)17-23;;/h1-9,19H,10-17H2;2*1H. The molecule has 4 heteroatoms. The molecule has 2 aliphatic heterocycles. The van der Waals surface area contributed by atoms with Crippen LogP contribution in [0, 0.1) is 5.92 Å². The van der Waals surface area contributed by atoms with Gasteiger partial charge in [-0.3, -0.25) is 9.80 Å². The third-order valence-corrected chi connectivity index (χ3v) is 5.38. The molecule has 2 aromatic rings. The van der Waals surface area contributed by atoms with E-state index in [1.165, 1.54) is 49.2 Å². The molecule has 0 radical (unpaired) electrons. The van der Waals surface area contributed by atoms with Crippen molar-refractivity contribution < 1.29 is 0 Å². The van der Waals surface area contributed by atoms with Gasteiger partial charge < -0.3 is 0 Å². The highest BCUT2D eigenvalue weighted by atomic mass is 35.5. The molecular weight excluding hydrogens is 351 g/mol. The van der Waals surface area contributed by atoms with E-state index >= 15 is 0 Å². The maximum atomic E-state index is 2.64. The number of halogens is 2. The van der Waals surface area contributed by atoms with E-state index in [9.17, 15) is 0 Å². The summed E-state index contributed by atoms with van der Waals surface area (Å²) in [6.45, 7) is 7.19. The molecule has 0 bridgehead atoms. The van der Waals surface area contributed by atoms with Crippen LogP contribution in [0.4, 0.5) is 0 Å². The van der Waals surface area contributed by atoms with Crippen molar-refractivity contribution in [2.45, 2.75) is 32.5 Å². The highest BCUT2D eigenvalue weighted by Crippen LogP contribution is 2.26. The van der Waals surface area contributed by atoms with Crippen LogP contribution in [0.25, 0.3) is 0 Å². The van der Waals surface area contributed by atoms with Crippen LogP contribution >= 0.6 is 24.8 Å². The molecule has 0 unspecified atom stereocenters. The summed E-state index contributed by atoms with van der Waals surface area (Å²) in [5, 5.41) is 0. The Morgan fingerprint density at radius 3 is 1.88 bits per heavy atom. The Morgan fingerprint density at radius 2 is 1.28 bits per heavy atom. The Balaban J connectivity index is 0.00000113. The van der Waals surface area contributed by atoms with Crippen molar-refractivity contribution in [1.29, 1.82) is 0 Å². The molecule has 25 heavy (non-hydrogen) atoms. The van der Waals surface area contributed by atoms with Crippen LogP contribution in [0.5, 0.6) is 0 Å². The van der Waals surface area contributed by atoms with Gasteiger partial charge in [-0.15, -0.1) is 24.8 Å². The van der Waals surface area contributed by atoms with Crippen LogP contribution in [-0.2, 0) is 19.6 Å². The predicted octanol–water partition coefficient (Wildman–Crippen LogP) is 4.76. The zero-order valence-corrected chi connectivity index (χ0v) is 16.3. The van der Waals surface area contributed by atoms with E-state index in [0.29, 0.717) is 0 Å². The molecule has 136 valence electrons. The van der Waals surface area contributed by atoms with Gasteiger partial charge in [0.05, 0.1) is 0 Å². The lowest BCUT2D eigenvalue weighted by atomic mass is 9.96. The lowest BCUT2D eigenvalue weighted by Gasteiger charge is -2.33. The molecule has 1 saturated heterocycles. The summed E-state index contributed by atoms with van der Waals surface area (Å²) in [5.41, 5.74) is 4.52. The molecule has 0 amide bonds. The van der Waals surface area contributed by atoms with Crippen LogP contribution < -0.4 is 0 Å². The molecule has 2 heterocycles. The van der Waals surface area contributed by atoms with Crippen LogP contribution in [-0.4, -0.2) is 29.4 Å². The van der Waals surface area contributed by atoms with Crippen molar-refractivity contribution in [3.05, 3.63) is 71.3 Å². The molecule has 0 spiro atoms. The molecule has 1 fully saturated rings. The summed E-state index contributed by atoms with van der Waals surface area (Å²) < 4.78 is 0. The number of likely N-dealkylation sites (tertiary alicyclic amines) is 1. The molecule has 2 aromatic carbocycles. The van der Waals surface area contributed by atoms with E-state index < -0.39 is 0 Å². The Kier molecular flexibility index (Phi) is 7.77. The zero-order valence-electron chi connectivity index (χ0n) is 14.6. The summed E-state index contributed by atoms with van der Waals surface area (Å²) in [5.74, 6) is 0.872. The second kappa shape index (κ2) is 9.59. The van der Waals surface area contributed by atoms with Crippen LogP contribution in [0.3, 0.4) is 0 Å². The Morgan fingerprint density at radius 1 is 0.720 bits per heavy atom. The van der Waals surface area contributed by atoms with Gasteiger partial charge in [0.1, 0.15) is 0 Å². The smallest absolute Gasteiger partial charge is 0.0240 e. The van der Waals surface area contributed by atoms with Crippen molar-refractivity contribution in [3.63, 3.8) is 0 Å². The van der Waals surface area contributed by atoms with Gasteiger partial charge >= 0.3 is 0 Å². The average molecular weight is 379 g/mol. The normalized spacial score (nSPS) is 18.2. The molecule has 4 rings (SSSR count). The predicted molar refractivity (Wildman–Crippen MR) is 109 cm³/mol. The number of nitrogens with zero attached hydrogens (tertiary/aromatic N) is 2. The number of fused-ring (bicyclic) bond motifs is 1. The molecule has 0 saturated carbocycles. The highest BCUT2D eigenvalue weighted by molar-refractivity contribution is 5.85. The quantitative estimate of drug-likeness (QED) is 0.756. The summed E-state index contributed by atoms with van der Waals surface area (Å²) in [6, 6.07) is 19.8. The first-order chi connectivity index (χ1) is 11.4. The van der Waals surface area contributed by atoms with Gasteiger partial charge in [-0.05, 0) is 48.5 Å². The SMILES string of the molecule is Cl.Cl.c1ccc(CN2CCC(CN3Cc4ccccc4C3)CC2)cc1. The highest BCUT2D eigenvalue weighted by Gasteiger charge is 2.24. The zero-order chi connectivity index (χ0) is 15.5. The van der Waals surface area contributed by atoms with Gasteiger partial charge in [0.25, 0.3) is 0 Å². The first-order valence-corrected chi connectivity index (χ1v) is 8.92. The fourth-order valence-corrected chi connectivity index (χ4v) is 4.07. The van der Waals surface area contributed by atoms with Crippen molar-refractivity contribution in [3.8, 4) is 0 Å². The second-order valence-corrected chi connectivity index (χ2v) is 7.14. The summed E-state index contributed by atoms with van der Waals surface area (Å²) in [6.07, 6.45) is 2.69. The Labute approximate surface area is 164 Å². The Bertz CT molecular complexity index is 614. The number of hydrogen-bond donors (Lipinski definition) is 0. The van der Waals surface area contributed by atoms with Crippen molar-refractivity contribution >= 4 is 24.8 Å². The number of hydrogen-bond acceptors (Lipinski definition) is 2. The van der Waals surface area contributed by atoms with Gasteiger partial charge in [-0.25, -0.2) is 0 Å². The van der Waals surface area contributed by atoms with Gasteiger partial charge in [0, 0.05) is 26.2 Å². The Hall–Kier alpha value is -1.06. The first kappa shape index (κ1) is 20.3. The number of piperidine rings is 1. The largest absolute Gasteiger partial charge is 0.299 e. The van der Waals surface area contributed by atoms with Crippen molar-refractivity contribution in [2.75, 3.05) is 19.6 Å². The average Bonchev–Trinajstić information content (AvgIpc) is 3.00. The lowest BCUT2D eigenvalue weighted by molar-refractivity contribution is 0.138. The van der Waals surface area contributed by atoms with E-state index in [4.69, 9.17) is 0 Å². The van der Waals surface area contributed by atoms with E-state index in [1.807, 2.05) is 0 Å². The third-order valence-electron chi connectivity index (χ3n) is 5.38. The maximum Gasteiger partial charge on any atom is 0.0240 e. The second-order valence-electron chi connectivity index (χ2n) is 7.14. The lowest BCUT2D eigenvalue weighted by Crippen LogP contribution is -2.37.